The lowest BCUT2D eigenvalue weighted by Crippen LogP contribution is -2.26. The lowest BCUT2D eigenvalue weighted by atomic mass is 9.92. The lowest BCUT2D eigenvalue weighted by Gasteiger charge is -2.27. The number of hydrogen-bond acceptors (Lipinski definition) is 2. The van der Waals surface area contributed by atoms with Crippen molar-refractivity contribution in [1.29, 1.82) is 0 Å². The highest BCUT2D eigenvalue weighted by atomic mass is 35.5. The first-order valence-corrected chi connectivity index (χ1v) is 7.51. The van der Waals surface area contributed by atoms with Gasteiger partial charge in [0, 0.05) is 18.3 Å². The highest BCUT2D eigenvalue weighted by molar-refractivity contribution is 6.35. The summed E-state index contributed by atoms with van der Waals surface area (Å²) in [6, 6.07) is 11.2. The van der Waals surface area contributed by atoms with E-state index in [2.05, 4.69) is 16.9 Å². The van der Waals surface area contributed by atoms with E-state index >= 15 is 0 Å². The largest absolute Gasteiger partial charge is 0.355 e. The van der Waals surface area contributed by atoms with Crippen LogP contribution in [0, 0.1) is 0 Å². The molecule has 1 aromatic heterocycles. The SMILES string of the molecule is C=C1NC(c2ncc(Cl)cc2Cl)=C(c2ccccc2)CC1F. The van der Waals surface area contributed by atoms with Crippen LogP contribution in [0.15, 0.2) is 54.9 Å². The van der Waals surface area contributed by atoms with Crippen molar-refractivity contribution >= 4 is 34.5 Å². The van der Waals surface area contributed by atoms with Crippen LogP contribution in [0.2, 0.25) is 10.0 Å². The van der Waals surface area contributed by atoms with Gasteiger partial charge in [-0.1, -0.05) is 60.1 Å². The number of nitrogens with zero attached hydrogens (tertiary/aromatic N) is 1. The zero-order chi connectivity index (χ0) is 15.7. The number of nitrogens with one attached hydrogen (secondary N) is 1. The number of benzene rings is 1. The van der Waals surface area contributed by atoms with Crippen LogP contribution < -0.4 is 5.32 Å². The second-order valence-corrected chi connectivity index (χ2v) is 5.87. The second kappa shape index (κ2) is 6.11. The van der Waals surface area contributed by atoms with Crippen molar-refractivity contribution in [2.75, 3.05) is 0 Å². The van der Waals surface area contributed by atoms with E-state index in [0.29, 0.717) is 27.1 Å². The molecule has 2 aromatic rings. The zero-order valence-electron chi connectivity index (χ0n) is 11.6. The number of alkyl halides is 1. The molecule has 0 saturated heterocycles. The van der Waals surface area contributed by atoms with E-state index in [9.17, 15) is 4.39 Å². The van der Waals surface area contributed by atoms with Gasteiger partial charge in [0.1, 0.15) is 11.9 Å². The molecule has 1 aliphatic heterocycles. The fourth-order valence-corrected chi connectivity index (χ4v) is 2.90. The average Bonchev–Trinajstić information content (AvgIpc) is 2.51. The van der Waals surface area contributed by atoms with E-state index in [1.807, 2.05) is 30.3 Å². The van der Waals surface area contributed by atoms with Gasteiger partial charge < -0.3 is 5.32 Å². The van der Waals surface area contributed by atoms with Crippen molar-refractivity contribution in [3.63, 3.8) is 0 Å². The summed E-state index contributed by atoms with van der Waals surface area (Å²) in [6.45, 7) is 3.73. The van der Waals surface area contributed by atoms with Crippen molar-refractivity contribution in [3.05, 3.63) is 76.2 Å². The third kappa shape index (κ3) is 2.87. The Labute approximate surface area is 138 Å². The molecule has 0 bridgehead atoms. The van der Waals surface area contributed by atoms with Crippen LogP contribution in [0.3, 0.4) is 0 Å². The number of pyridine rings is 1. The molecular formula is C17H13Cl2FN2. The Bertz CT molecular complexity index is 757. The smallest absolute Gasteiger partial charge is 0.143 e. The molecule has 1 atom stereocenters. The number of hydrogen-bond donors (Lipinski definition) is 1. The number of halogens is 3. The Balaban J connectivity index is 2.19. The Morgan fingerprint density at radius 1 is 1.23 bits per heavy atom. The third-order valence-corrected chi connectivity index (χ3v) is 4.01. The topological polar surface area (TPSA) is 24.9 Å². The molecule has 0 amide bonds. The average molecular weight is 335 g/mol. The third-order valence-electron chi connectivity index (χ3n) is 3.52. The molecule has 0 saturated carbocycles. The molecule has 1 aliphatic rings. The second-order valence-electron chi connectivity index (χ2n) is 5.03. The van der Waals surface area contributed by atoms with Gasteiger partial charge in [-0.25, -0.2) is 4.39 Å². The molecule has 22 heavy (non-hydrogen) atoms. The summed E-state index contributed by atoms with van der Waals surface area (Å²) in [7, 11) is 0. The van der Waals surface area contributed by atoms with Crippen LogP contribution in [-0.4, -0.2) is 11.2 Å². The summed E-state index contributed by atoms with van der Waals surface area (Å²) in [4.78, 5) is 4.29. The van der Waals surface area contributed by atoms with Gasteiger partial charge in [0.25, 0.3) is 0 Å². The van der Waals surface area contributed by atoms with Gasteiger partial charge in [0.15, 0.2) is 0 Å². The molecule has 0 fully saturated rings. The molecule has 0 aliphatic carbocycles. The van der Waals surface area contributed by atoms with Crippen molar-refractivity contribution in [1.82, 2.24) is 10.3 Å². The fourth-order valence-electron chi connectivity index (χ4n) is 2.42. The van der Waals surface area contributed by atoms with Crippen LogP contribution in [0.25, 0.3) is 11.3 Å². The highest BCUT2D eigenvalue weighted by Gasteiger charge is 2.27. The quantitative estimate of drug-likeness (QED) is 0.826. The Morgan fingerprint density at radius 2 is 1.95 bits per heavy atom. The Kier molecular flexibility index (Phi) is 4.19. The first-order chi connectivity index (χ1) is 10.6. The predicted octanol–water partition coefficient (Wildman–Crippen LogP) is 5.10. The summed E-state index contributed by atoms with van der Waals surface area (Å²) < 4.78 is 14.1. The van der Waals surface area contributed by atoms with E-state index in [0.717, 1.165) is 11.1 Å². The van der Waals surface area contributed by atoms with E-state index in [1.54, 1.807) is 6.07 Å². The normalized spacial score (nSPS) is 18.3. The summed E-state index contributed by atoms with van der Waals surface area (Å²) in [5.41, 5.74) is 3.26. The summed E-state index contributed by atoms with van der Waals surface area (Å²) in [5, 5.41) is 3.87. The summed E-state index contributed by atoms with van der Waals surface area (Å²) >= 11 is 12.2. The highest BCUT2D eigenvalue weighted by Crippen LogP contribution is 2.37. The molecule has 3 rings (SSSR count). The monoisotopic (exact) mass is 334 g/mol. The standard InChI is InChI=1S/C17H13Cl2FN2/c1-10-15(20)8-13(11-5-3-2-4-6-11)16(22-10)17-14(19)7-12(18)9-21-17/h2-7,9,15,22H,1,8H2. The van der Waals surface area contributed by atoms with Crippen LogP contribution in [-0.2, 0) is 0 Å². The van der Waals surface area contributed by atoms with Crippen LogP contribution in [0.4, 0.5) is 4.39 Å². The van der Waals surface area contributed by atoms with Crippen molar-refractivity contribution in [2.24, 2.45) is 0 Å². The molecule has 1 unspecified atom stereocenters. The van der Waals surface area contributed by atoms with E-state index in [-0.39, 0.29) is 6.42 Å². The predicted molar refractivity (Wildman–Crippen MR) is 89.3 cm³/mol. The van der Waals surface area contributed by atoms with E-state index in [1.165, 1.54) is 6.20 Å². The minimum Gasteiger partial charge on any atom is -0.355 e. The maximum absolute atomic E-state index is 14.1. The maximum Gasteiger partial charge on any atom is 0.143 e. The zero-order valence-corrected chi connectivity index (χ0v) is 13.1. The molecule has 1 N–H and O–H groups in total. The Hall–Kier alpha value is -1.84. The lowest BCUT2D eigenvalue weighted by molar-refractivity contribution is 0.374. The van der Waals surface area contributed by atoms with Gasteiger partial charge in [-0.3, -0.25) is 4.98 Å². The van der Waals surface area contributed by atoms with Crippen LogP contribution in [0.5, 0.6) is 0 Å². The molecule has 2 heterocycles. The number of rotatable bonds is 2. The van der Waals surface area contributed by atoms with E-state index < -0.39 is 6.17 Å². The number of allylic oxidation sites excluding steroid dienone is 2. The van der Waals surface area contributed by atoms with Gasteiger partial charge in [-0.15, -0.1) is 0 Å². The van der Waals surface area contributed by atoms with Crippen molar-refractivity contribution < 1.29 is 4.39 Å². The molecule has 2 nitrogen and oxygen atoms in total. The van der Waals surface area contributed by atoms with Crippen molar-refractivity contribution in [3.8, 4) is 0 Å². The molecule has 1 aromatic carbocycles. The Morgan fingerprint density at radius 3 is 2.64 bits per heavy atom. The van der Waals surface area contributed by atoms with Gasteiger partial charge in [0.2, 0.25) is 0 Å². The van der Waals surface area contributed by atoms with Gasteiger partial charge >= 0.3 is 0 Å². The van der Waals surface area contributed by atoms with E-state index in [4.69, 9.17) is 23.2 Å². The molecule has 5 heteroatoms. The molecule has 0 radical (unpaired) electrons. The van der Waals surface area contributed by atoms with Gasteiger partial charge in [-0.05, 0) is 17.2 Å². The van der Waals surface area contributed by atoms with Crippen molar-refractivity contribution in [2.45, 2.75) is 12.6 Å². The molecule has 0 spiro atoms. The first-order valence-electron chi connectivity index (χ1n) is 6.76. The summed E-state index contributed by atoms with van der Waals surface area (Å²) in [6.07, 6.45) is 0.598. The van der Waals surface area contributed by atoms with Gasteiger partial charge in [0.05, 0.1) is 15.7 Å². The summed E-state index contributed by atoms with van der Waals surface area (Å²) in [5.74, 6) is 0. The fraction of sp³-hybridized carbons (Fsp3) is 0.118. The maximum atomic E-state index is 14.1. The number of aromatic nitrogens is 1. The molecular weight excluding hydrogens is 322 g/mol. The minimum absolute atomic E-state index is 0.228. The molecule has 112 valence electrons. The van der Waals surface area contributed by atoms with Gasteiger partial charge in [-0.2, -0.15) is 0 Å². The first kappa shape index (κ1) is 15.1. The minimum atomic E-state index is -1.15. The van der Waals surface area contributed by atoms with Crippen LogP contribution in [0.1, 0.15) is 17.7 Å². The van der Waals surface area contributed by atoms with Crippen LogP contribution >= 0.6 is 23.2 Å².